The molecule has 5 nitrogen and oxygen atoms in total. The molecule has 0 aliphatic carbocycles. The van der Waals surface area contributed by atoms with E-state index < -0.39 is 0 Å². The number of thiophene rings is 1. The Morgan fingerprint density at radius 1 is 0.291 bits per heavy atom. The minimum atomic E-state index is 0.653. The topological polar surface area (TPSA) is 64.5 Å². The van der Waals surface area contributed by atoms with Crippen molar-refractivity contribution in [3.8, 4) is 79.2 Å². The zero-order chi connectivity index (χ0) is 36.6. The van der Waals surface area contributed by atoms with Crippen LogP contribution in [0.25, 0.3) is 99.4 Å². The van der Waals surface area contributed by atoms with E-state index in [4.69, 9.17) is 24.9 Å². The highest BCUT2D eigenvalue weighted by Crippen LogP contribution is 2.41. The van der Waals surface area contributed by atoms with Gasteiger partial charge in [0.25, 0.3) is 0 Å². The average Bonchev–Trinajstić information content (AvgIpc) is 3.66. The third-order valence-corrected chi connectivity index (χ3v) is 11.0. The van der Waals surface area contributed by atoms with Crippen molar-refractivity contribution in [1.82, 2.24) is 24.9 Å². The van der Waals surface area contributed by atoms with E-state index in [0.29, 0.717) is 23.3 Å². The first-order valence-corrected chi connectivity index (χ1v) is 19.0. The Morgan fingerprint density at radius 3 is 1.38 bits per heavy atom. The molecule has 0 spiro atoms. The summed E-state index contributed by atoms with van der Waals surface area (Å²) in [5.74, 6) is 2.67. The number of hydrogen-bond donors (Lipinski definition) is 0. The van der Waals surface area contributed by atoms with E-state index in [1.807, 2.05) is 97.1 Å². The van der Waals surface area contributed by atoms with Crippen LogP contribution in [0.4, 0.5) is 0 Å². The second kappa shape index (κ2) is 14.0. The van der Waals surface area contributed by atoms with Crippen molar-refractivity contribution in [2.75, 3.05) is 0 Å². The molecule has 10 aromatic rings. The lowest BCUT2D eigenvalue weighted by Gasteiger charge is -2.10. The summed E-state index contributed by atoms with van der Waals surface area (Å²) in [4.78, 5) is 25.1. The standard InChI is InChI=1S/C49H31N5S/c1-5-15-32(16-6-1)42-31-43(51-46(50-42)33-17-7-2-8-18-33)38-24-13-23-36(29-38)37-27-28-39-40-25-14-26-41(45(40)55-44(39)30-37)49-53-47(34-19-9-3-10-20-34)52-48(54-49)35-21-11-4-12-22-35/h1-31H. The van der Waals surface area contributed by atoms with Crippen molar-refractivity contribution in [1.29, 1.82) is 0 Å². The van der Waals surface area contributed by atoms with Gasteiger partial charge in [-0.2, -0.15) is 0 Å². The molecule has 0 aliphatic rings. The Balaban J connectivity index is 1.07. The Hall–Kier alpha value is -7.15. The fraction of sp³-hybridized carbons (Fsp3) is 0. The van der Waals surface area contributed by atoms with E-state index in [1.54, 1.807) is 11.3 Å². The molecule has 7 aromatic carbocycles. The lowest BCUT2D eigenvalue weighted by Crippen LogP contribution is -2.00. The fourth-order valence-electron chi connectivity index (χ4n) is 7.01. The minimum Gasteiger partial charge on any atom is -0.228 e. The maximum absolute atomic E-state index is 5.08. The van der Waals surface area contributed by atoms with Gasteiger partial charge >= 0.3 is 0 Å². The van der Waals surface area contributed by atoms with Crippen LogP contribution in [0.3, 0.4) is 0 Å². The van der Waals surface area contributed by atoms with Gasteiger partial charge in [-0.25, -0.2) is 24.9 Å². The molecule has 258 valence electrons. The molecule has 0 unspecified atom stereocenters. The third kappa shape index (κ3) is 6.35. The summed E-state index contributed by atoms with van der Waals surface area (Å²) >= 11 is 1.77. The molecule has 0 atom stereocenters. The van der Waals surface area contributed by atoms with Crippen LogP contribution in [0.1, 0.15) is 0 Å². The van der Waals surface area contributed by atoms with Crippen molar-refractivity contribution < 1.29 is 0 Å². The summed E-state index contributed by atoms with van der Waals surface area (Å²) in [6.07, 6.45) is 0. The van der Waals surface area contributed by atoms with Crippen LogP contribution in [0.2, 0.25) is 0 Å². The molecular weight excluding hydrogens is 691 g/mol. The molecule has 0 saturated carbocycles. The lowest BCUT2D eigenvalue weighted by molar-refractivity contribution is 1.08. The summed E-state index contributed by atoms with van der Waals surface area (Å²) in [6.45, 7) is 0. The first kappa shape index (κ1) is 32.5. The van der Waals surface area contributed by atoms with E-state index in [1.165, 1.54) is 15.5 Å². The number of benzene rings is 7. The average molecular weight is 722 g/mol. The van der Waals surface area contributed by atoms with E-state index in [0.717, 1.165) is 60.6 Å². The molecule has 0 aliphatic heterocycles. The van der Waals surface area contributed by atoms with Gasteiger partial charge in [0.15, 0.2) is 23.3 Å². The van der Waals surface area contributed by atoms with Gasteiger partial charge in [-0.3, -0.25) is 0 Å². The molecular formula is C49H31N5S. The quantitative estimate of drug-likeness (QED) is 0.164. The van der Waals surface area contributed by atoms with Crippen molar-refractivity contribution in [3.63, 3.8) is 0 Å². The van der Waals surface area contributed by atoms with E-state index in [9.17, 15) is 0 Å². The van der Waals surface area contributed by atoms with Gasteiger partial charge < -0.3 is 0 Å². The second-order valence-electron chi connectivity index (χ2n) is 13.3. The lowest BCUT2D eigenvalue weighted by atomic mass is 9.99. The smallest absolute Gasteiger partial charge is 0.165 e. The number of rotatable bonds is 7. The molecule has 0 amide bonds. The first-order chi connectivity index (χ1) is 27.2. The van der Waals surface area contributed by atoms with Crippen molar-refractivity contribution in [2.45, 2.75) is 0 Å². The van der Waals surface area contributed by atoms with Gasteiger partial charge in [0, 0.05) is 53.6 Å². The van der Waals surface area contributed by atoms with Crippen LogP contribution >= 0.6 is 11.3 Å². The van der Waals surface area contributed by atoms with Crippen molar-refractivity contribution >= 4 is 31.5 Å². The van der Waals surface area contributed by atoms with Crippen molar-refractivity contribution in [2.24, 2.45) is 0 Å². The molecule has 3 aromatic heterocycles. The molecule has 0 saturated heterocycles. The van der Waals surface area contributed by atoms with Crippen LogP contribution in [0.5, 0.6) is 0 Å². The molecule has 6 heteroatoms. The van der Waals surface area contributed by atoms with Crippen LogP contribution in [0.15, 0.2) is 188 Å². The molecule has 10 rings (SSSR count). The summed E-state index contributed by atoms with van der Waals surface area (Å²) in [6, 6.07) is 64.6. The third-order valence-electron chi connectivity index (χ3n) is 9.76. The fourth-order valence-corrected chi connectivity index (χ4v) is 8.26. The van der Waals surface area contributed by atoms with Gasteiger partial charge in [-0.05, 0) is 35.4 Å². The highest BCUT2D eigenvalue weighted by molar-refractivity contribution is 7.26. The Morgan fingerprint density at radius 2 is 0.764 bits per heavy atom. The van der Waals surface area contributed by atoms with Gasteiger partial charge in [0.1, 0.15) is 0 Å². The molecule has 0 radical (unpaired) electrons. The highest BCUT2D eigenvalue weighted by atomic mass is 32.1. The van der Waals surface area contributed by atoms with Gasteiger partial charge in [0.05, 0.1) is 11.4 Å². The molecule has 0 fully saturated rings. The van der Waals surface area contributed by atoms with E-state index >= 15 is 0 Å². The van der Waals surface area contributed by atoms with Gasteiger partial charge in [-0.1, -0.05) is 164 Å². The van der Waals surface area contributed by atoms with Crippen LogP contribution in [-0.4, -0.2) is 24.9 Å². The normalized spacial score (nSPS) is 11.3. The molecule has 3 heterocycles. The monoisotopic (exact) mass is 721 g/mol. The number of aromatic nitrogens is 5. The maximum Gasteiger partial charge on any atom is 0.165 e. The van der Waals surface area contributed by atoms with Crippen LogP contribution in [0, 0.1) is 0 Å². The van der Waals surface area contributed by atoms with E-state index in [-0.39, 0.29) is 0 Å². The summed E-state index contributed by atoms with van der Waals surface area (Å²) < 4.78 is 2.35. The summed E-state index contributed by atoms with van der Waals surface area (Å²) in [5, 5.41) is 2.39. The Kier molecular flexibility index (Phi) is 8.28. The van der Waals surface area contributed by atoms with Gasteiger partial charge in [0.2, 0.25) is 0 Å². The maximum atomic E-state index is 5.08. The predicted molar refractivity (Wildman–Crippen MR) is 226 cm³/mol. The Labute approximate surface area is 322 Å². The molecule has 0 N–H and O–H groups in total. The predicted octanol–water partition coefficient (Wildman–Crippen LogP) is 12.7. The van der Waals surface area contributed by atoms with Crippen molar-refractivity contribution in [3.05, 3.63) is 188 Å². The number of nitrogens with zero attached hydrogens (tertiary/aromatic N) is 5. The first-order valence-electron chi connectivity index (χ1n) is 18.2. The van der Waals surface area contributed by atoms with Gasteiger partial charge in [-0.15, -0.1) is 11.3 Å². The van der Waals surface area contributed by atoms with Crippen LogP contribution in [-0.2, 0) is 0 Å². The highest BCUT2D eigenvalue weighted by Gasteiger charge is 2.17. The van der Waals surface area contributed by atoms with Crippen LogP contribution < -0.4 is 0 Å². The second-order valence-corrected chi connectivity index (χ2v) is 14.4. The Bertz CT molecular complexity index is 2850. The van der Waals surface area contributed by atoms with E-state index in [2.05, 4.69) is 91.0 Å². The zero-order valence-corrected chi connectivity index (χ0v) is 30.4. The minimum absolute atomic E-state index is 0.653. The molecule has 0 bridgehead atoms. The summed E-state index contributed by atoms with van der Waals surface area (Å²) in [5.41, 5.74) is 10.00. The number of fused-ring (bicyclic) bond motifs is 3. The molecule has 55 heavy (non-hydrogen) atoms. The number of hydrogen-bond acceptors (Lipinski definition) is 6. The largest absolute Gasteiger partial charge is 0.228 e. The SMILES string of the molecule is c1ccc(-c2cc(-c3cccc(-c4ccc5c(c4)sc4c(-c6nc(-c7ccccc7)nc(-c7ccccc7)n6)cccc45)c3)nc(-c3ccccc3)n2)cc1. The zero-order valence-electron chi connectivity index (χ0n) is 29.5. The summed E-state index contributed by atoms with van der Waals surface area (Å²) in [7, 11) is 0.